The van der Waals surface area contributed by atoms with Gasteiger partial charge in [-0.3, -0.25) is 24.1 Å². The molecule has 0 aliphatic rings. The van der Waals surface area contributed by atoms with Gasteiger partial charge in [0.15, 0.2) is 11.6 Å². The molecule has 112 heavy (non-hydrogen) atoms. The lowest BCUT2D eigenvalue weighted by Crippen LogP contribution is -2.00. The van der Waals surface area contributed by atoms with E-state index in [0.29, 0.717) is 17.6 Å². The molecule has 24 aromatic rings. The molecule has 15 heterocycles. The Morgan fingerprint density at radius 2 is 0.589 bits per heavy atom. The van der Waals surface area contributed by atoms with Crippen LogP contribution in [0.3, 0.4) is 0 Å². The van der Waals surface area contributed by atoms with Crippen molar-refractivity contribution in [3.8, 4) is 68.2 Å². The summed E-state index contributed by atoms with van der Waals surface area (Å²) in [5.41, 5.74) is 17.5. The second kappa shape index (κ2) is 28.1. The summed E-state index contributed by atoms with van der Waals surface area (Å²) in [6.45, 7) is 0. The molecule has 0 saturated heterocycles. The molecular weight excluding hydrogens is 1450 g/mol. The first-order chi connectivity index (χ1) is 55.5. The van der Waals surface area contributed by atoms with Crippen molar-refractivity contribution in [2.45, 2.75) is 0 Å². The van der Waals surface area contributed by atoms with Gasteiger partial charge in [-0.15, -0.1) is 45.3 Å². The Labute approximate surface area is 655 Å². The number of para-hydroxylation sites is 4. The van der Waals surface area contributed by atoms with Crippen LogP contribution >= 0.6 is 45.3 Å². The summed E-state index contributed by atoms with van der Waals surface area (Å²) < 4.78 is 14.1. The highest BCUT2D eigenvalue weighted by molar-refractivity contribution is 7.18. The molecule has 14 nitrogen and oxygen atoms in total. The highest BCUT2D eigenvalue weighted by Crippen LogP contribution is 2.41. The predicted molar refractivity (Wildman–Crippen MR) is 464 cm³/mol. The Balaban J connectivity index is 0.0000000943. The first-order valence-electron chi connectivity index (χ1n) is 36.4. The zero-order valence-electron chi connectivity index (χ0n) is 59.4. The van der Waals surface area contributed by atoms with E-state index in [2.05, 4.69) is 269 Å². The summed E-state index contributed by atoms with van der Waals surface area (Å²) in [5.74, 6) is 3.01. The van der Waals surface area contributed by atoms with Crippen molar-refractivity contribution < 1.29 is 0 Å². The van der Waals surface area contributed by atoms with E-state index in [1.165, 1.54) is 106 Å². The lowest BCUT2D eigenvalue weighted by atomic mass is 10.1. The third-order valence-electron chi connectivity index (χ3n) is 20.6. The van der Waals surface area contributed by atoms with Gasteiger partial charge in [-0.2, -0.15) is 0 Å². The molecule has 18 heteroatoms. The third-order valence-corrected chi connectivity index (χ3v) is 24.1. The van der Waals surface area contributed by atoms with Crippen molar-refractivity contribution in [1.29, 1.82) is 0 Å². The minimum absolute atomic E-state index is 0.679. The summed E-state index contributed by atoms with van der Waals surface area (Å²) in [5, 5.41) is 23.7. The van der Waals surface area contributed by atoms with Crippen molar-refractivity contribution in [1.82, 2.24) is 68.1 Å². The summed E-state index contributed by atoms with van der Waals surface area (Å²) >= 11 is 7.07. The number of hydrogen-bond acceptors (Lipinski definition) is 14. The van der Waals surface area contributed by atoms with E-state index in [1.54, 1.807) is 70.1 Å². The van der Waals surface area contributed by atoms with Crippen molar-refractivity contribution in [3.63, 3.8) is 0 Å². The van der Waals surface area contributed by atoms with Crippen LogP contribution in [0.4, 0.5) is 0 Å². The fourth-order valence-corrected chi connectivity index (χ4v) is 18.6. The number of nitrogens with zero attached hydrogens (tertiary/aromatic N) is 14. The van der Waals surface area contributed by atoms with Crippen molar-refractivity contribution in [2.24, 2.45) is 0 Å². The second-order valence-corrected chi connectivity index (χ2v) is 30.8. The zero-order chi connectivity index (χ0) is 74.0. The lowest BCUT2D eigenvalue weighted by molar-refractivity contribution is 0.991. The average Bonchev–Trinajstić information content (AvgIpc) is 1.61. The molecule has 0 bridgehead atoms. The number of fused-ring (bicyclic) bond motifs is 16. The van der Waals surface area contributed by atoms with E-state index in [1.807, 2.05) is 110 Å². The van der Waals surface area contributed by atoms with Crippen molar-refractivity contribution in [2.75, 3.05) is 0 Å². The van der Waals surface area contributed by atoms with E-state index >= 15 is 0 Å². The van der Waals surface area contributed by atoms with Crippen LogP contribution in [0.15, 0.2) is 351 Å². The maximum absolute atomic E-state index is 4.81. The van der Waals surface area contributed by atoms with Gasteiger partial charge >= 0.3 is 0 Å². The molecule has 0 spiro atoms. The van der Waals surface area contributed by atoms with Crippen LogP contribution in [-0.2, 0) is 0 Å². The van der Waals surface area contributed by atoms with Gasteiger partial charge in [0.05, 0.1) is 80.3 Å². The van der Waals surface area contributed by atoms with Crippen LogP contribution in [-0.4, -0.2) is 68.1 Å². The van der Waals surface area contributed by atoms with E-state index < -0.39 is 0 Å². The number of thiophene rings is 4. The van der Waals surface area contributed by atoms with Crippen LogP contribution in [0.5, 0.6) is 0 Å². The Bertz CT molecular complexity index is 6690. The highest BCUT2D eigenvalue weighted by atomic mass is 32.1. The number of aromatic nitrogens is 14. The monoisotopic (exact) mass is 1510 g/mol. The van der Waals surface area contributed by atoms with Crippen LogP contribution in [0.1, 0.15) is 0 Å². The predicted octanol–water partition coefficient (Wildman–Crippen LogP) is 24.6. The van der Waals surface area contributed by atoms with Crippen LogP contribution in [0, 0.1) is 0 Å². The summed E-state index contributed by atoms with van der Waals surface area (Å²) in [6, 6.07) is 87.1. The van der Waals surface area contributed by atoms with E-state index in [4.69, 9.17) is 15.0 Å². The molecule has 0 amide bonds. The zero-order valence-corrected chi connectivity index (χ0v) is 62.6. The Hall–Kier alpha value is -14.1. The number of rotatable bonds is 8. The fourth-order valence-electron chi connectivity index (χ4n) is 15.3. The van der Waals surface area contributed by atoms with Gasteiger partial charge in [-0.1, -0.05) is 103 Å². The molecule has 0 unspecified atom stereocenters. The molecule has 0 aliphatic carbocycles. The third kappa shape index (κ3) is 11.8. The molecule has 528 valence electrons. The summed E-state index contributed by atoms with van der Waals surface area (Å²) in [6.07, 6.45) is 24.0. The summed E-state index contributed by atoms with van der Waals surface area (Å²) in [4.78, 5) is 45.0. The summed E-state index contributed by atoms with van der Waals surface area (Å²) in [7, 11) is 0. The van der Waals surface area contributed by atoms with Gasteiger partial charge < -0.3 is 9.13 Å². The molecule has 0 saturated carbocycles. The largest absolute Gasteiger partial charge is 0.306 e. The van der Waals surface area contributed by atoms with E-state index in [9.17, 15) is 0 Å². The molecule has 0 atom stereocenters. The molecule has 15 aromatic heterocycles. The molecule has 0 fully saturated rings. The molecule has 0 N–H and O–H groups in total. The molecule has 0 aliphatic heterocycles. The smallest absolute Gasteiger partial charge is 0.234 e. The standard InChI is InChI=1S/2C24H15N3S.2C23H14N4S/c1-2-6-16(7-3-1)18-14-25-24(26-15-18)27-21-9-5-4-8-19(21)20-12-17-10-11-28-23(17)13-22(20)27;1-2-4-21-19(3-1)20-13-17-9-12-28-23(17)14-22(20)27(21)24-6-5-18(15-26-24)16-7-10-25-11-8-16;1-2-6-20-18(5-1)19-10-15-7-9-28-22(15)11-21(19)27(20)17-13-25-23(26-14-17)16-4-3-8-24-12-16;1-2-4-20-18(3-1)19-11-16-7-10-28-22(16)12-21(19)27(20)17-13-25-23(26-14-17)15-5-8-24-9-6-15/h2*1-15H;2*1-14H. The van der Waals surface area contributed by atoms with E-state index in [-0.39, 0.29) is 0 Å². The quantitative estimate of drug-likeness (QED) is 0.144. The molecule has 24 rings (SSSR count). The van der Waals surface area contributed by atoms with Crippen molar-refractivity contribution >= 4 is 173 Å². The van der Waals surface area contributed by atoms with E-state index in [0.717, 1.165) is 72.6 Å². The maximum atomic E-state index is 4.81. The molecule has 9 aromatic carbocycles. The number of pyridine rings is 4. The van der Waals surface area contributed by atoms with Gasteiger partial charge in [-0.25, -0.2) is 34.9 Å². The van der Waals surface area contributed by atoms with Gasteiger partial charge in [0, 0.05) is 140 Å². The Morgan fingerprint density at radius 1 is 0.214 bits per heavy atom. The van der Waals surface area contributed by atoms with Crippen molar-refractivity contribution in [3.05, 3.63) is 351 Å². The van der Waals surface area contributed by atoms with Gasteiger partial charge in [0.25, 0.3) is 0 Å². The Kier molecular flexibility index (Phi) is 16.6. The molecular formula is C94H58N14S4. The number of hydrogen-bond donors (Lipinski definition) is 0. The first-order valence-corrected chi connectivity index (χ1v) is 39.9. The first kappa shape index (κ1) is 66.1. The SMILES string of the molecule is c1ccc(-c2cnc(-n3c4ccccc4c4cc5ccsc5cc43)nc2)cc1.c1ccc2c(c1)c1cc3ccsc3cc1n2-c1ccc(-c2ccncc2)cn1.c1ccc2c(c1)c1cc3ccsc3cc1n2-c1cnc(-c2ccncc2)nc1.c1cncc(-c2ncc(-n3c4ccccc4c4cc5ccsc5cc43)cn2)c1. The second-order valence-electron chi connectivity index (χ2n) is 27.0. The highest BCUT2D eigenvalue weighted by Gasteiger charge is 2.20. The number of benzene rings is 9. The minimum atomic E-state index is 0.679. The van der Waals surface area contributed by atoms with Crippen LogP contribution < -0.4 is 0 Å². The minimum Gasteiger partial charge on any atom is -0.306 e. The van der Waals surface area contributed by atoms with Crippen LogP contribution in [0.2, 0.25) is 0 Å². The fraction of sp³-hybridized carbons (Fsp3) is 0. The lowest BCUT2D eigenvalue weighted by Gasteiger charge is -2.08. The van der Waals surface area contributed by atoms with Gasteiger partial charge in [0.2, 0.25) is 5.95 Å². The maximum Gasteiger partial charge on any atom is 0.234 e. The van der Waals surface area contributed by atoms with Crippen LogP contribution in [0.25, 0.3) is 196 Å². The molecule has 0 radical (unpaired) electrons. The van der Waals surface area contributed by atoms with Gasteiger partial charge in [0.1, 0.15) is 5.82 Å². The Morgan fingerprint density at radius 3 is 1.03 bits per heavy atom. The van der Waals surface area contributed by atoms with Gasteiger partial charge in [-0.05, 0) is 200 Å². The normalized spacial score (nSPS) is 11.6. The topological polar surface area (TPSA) is 149 Å². The average molecular weight is 1510 g/mol.